The van der Waals surface area contributed by atoms with E-state index in [-0.39, 0.29) is 5.97 Å². The highest BCUT2D eigenvalue weighted by atomic mass is 16.6. The summed E-state index contributed by atoms with van der Waals surface area (Å²) in [5.74, 6) is 0.455. The quantitative estimate of drug-likeness (QED) is 0.740. The van der Waals surface area contributed by atoms with Crippen molar-refractivity contribution in [3.05, 3.63) is 24.2 Å². The number of hydrogen-bond donors (Lipinski definition) is 0. The average Bonchev–Trinajstić information content (AvgIpc) is 2.86. The van der Waals surface area contributed by atoms with Crippen molar-refractivity contribution >= 4 is 17.3 Å². The van der Waals surface area contributed by atoms with E-state index in [1.165, 1.54) is 7.11 Å². The number of carbonyl (C=O) groups excluding carboxylic acids is 1. The first kappa shape index (κ1) is 12.9. The highest BCUT2D eigenvalue weighted by Gasteiger charge is 2.29. The van der Waals surface area contributed by atoms with Crippen LogP contribution in [0.2, 0.25) is 0 Å². The second-order valence-corrected chi connectivity index (χ2v) is 4.69. The molecule has 1 aliphatic rings. The average molecular weight is 276 g/mol. The third-order valence-corrected chi connectivity index (χ3v) is 3.32. The summed E-state index contributed by atoms with van der Waals surface area (Å²) < 4.78 is 12.0. The molecule has 0 N–H and O–H groups in total. The standard InChI is InChI=1S/C13H16N4O3/c1-9-7-10-12(14-3-4-17(10)15-9)16-5-6-20-11(8-16)13(18)19-2/h3-4,7,11H,5-6,8H2,1-2H3. The molecule has 20 heavy (non-hydrogen) atoms. The van der Waals surface area contributed by atoms with Gasteiger partial charge in [-0.05, 0) is 13.0 Å². The van der Waals surface area contributed by atoms with Gasteiger partial charge in [0.2, 0.25) is 0 Å². The maximum absolute atomic E-state index is 11.6. The van der Waals surface area contributed by atoms with E-state index in [4.69, 9.17) is 9.47 Å². The van der Waals surface area contributed by atoms with Crippen molar-refractivity contribution in [2.45, 2.75) is 13.0 Å². The summed E-state index contributed by atoms with van der Waals surface area (Å²) in [6, 6.07) is 1.98. The lowest BCUT2D eigenvalue weighted by Crippen LogP contribution is -2.47. The molecule has 0 spiro atoms. The number of anilines is 1. The van der Waals surface area contributed by atoms with Gasteiger partial charge in [0.05, 0.1) is 26.0 Å². The van der Waals surface area contributed by atoms with Crippen LogP contribution in [0.3, 0.4) is 0 Å². The molecule has 0 bridgehead atoms. The van der Waals surface area contributed by atoms with Gasteiger partial charge in [-0.2, -0.15) is 5.10 Å². The van der Waals surface area contributed by atoms with Gasteiger partial charge >= 0.3 is 5.97 Å². The Bertz CT molecular complexity index is 640. The molecule has 1 saturated heterocycles. The first-order valence-electron chi connectivity index (χ1n) is 6.44. The molecular formula is C13H16N4O3. The number of morpholine rings is 1. The van der Waals surface area contributed by atoms with Gasteiger partial charge in [0, 0.05) is 18.9 Å². The highest BCUT2D eigenvalue weighted by molar-refractivity contribution is 5.77. The van der Waals surface area contributed by atoms with Gasteiger partial charge in [-0.1, -0.05) is 0 Å². The van der Waals surface area contributed by atoms with Crippen LogP contribution in [-0.4, -0.2) is 53.5 Å². The Morgan fingerprint density at radius 2 is 2.40 bits per heavy atom. The molecule has 2 aromatic rings. The van der Waals surface area contributed by atoms with E-state index in [0.717, 1.165) is 17.0 Å². The predicted molar refractivity (Wildman–Crippen MR) is 71.7 cm³/mol. The van der Waals surface area contributed by atoms with Gasteiger partial charge in [-0.25, -0.2) is 14.3 Å². The second-order valence-electron chi connectivity index (χ2n) is 4.69. The summed E-state index contributed by atoms with van der Waals surface area (Å²) in [5, 5.41) is 4.37. The van der Waals surface area contributed by atoms with Gasteiger partial charge in [0.25, 0.3) is 0 Å². The maximum atomic E-state index is 11.6. The van der Waals surface area contributed by atoms with Gasteiger partial charge in [-0.3, -0.25) is 0 Å². The topological polar surface area (TPSA) is 69.0 Å². The molecule has 106 valence electrons. The Hall–Kier alpha value is -2.15. The predicted octanol–water partition coefficient (Wildman–Crippen LogP) is 0.416. The fourth-order valence-electron chi connectivity index (χ4n) is 2.39. The van der Waals surface area contributed by atoms with E-state index < -0.39 is 6.10 Å². The fraction of sp³-hybridized carbons (Fsp3) is 0.462. The number of methoxy groups -OCH3 is 1. The Kier molecular flexibility index (Phi) is 3.27. The molecule has 0 aliphatic carbocycles. The lowest BCUT2D eigenvalue weighted by atomic mass is 10.2. The van der Waals surface area contributed by atoms with Crippen LogP contribution in [0.15, 0.2) is 18.5 Å². The monoisotopic (exact) mass is 276 g/mol. The Morgan fingerprint density at radius 3 is 3.20 bits per heavy atom. The Morgan fingerprint density at radius 1 is 1.55 bits per heavy atom. The molecular weight excluding hydrogens is 260 g/mol. The van der Waals surface area contributed by atoms with E-state index in [1.807, 2.05) is 24.1 Å². The number of fused-ring (bicyclic) bond motifs is 1. The summed E-state index contributed by atoms with van der Waals surface area (Å²) in [7, 11) is 1.37. The third kappa shape index (κ3) is 2.20. The highest BCUT2D eigenvalue weighted by Crippen LogP contribution is 2.22. The van der Waals surface area contributed by atoms with Gasteiger partial charge in [0.15, 0.2) is 11.9 Å². The normalized spacial score (nSPS) is 19.3. The summed E-state index contributed by atoms with van der Waals surface area (Å²) >= 11 is 0. The molecule has 1 unspecified atom stereocenters. The molecule has 1 aliphatic heterocycles. The largest absolute Gasteiger partial charge is 0.467 e. The minimum Gasteiger partial charge on any atom is -0.467 e. The smallest absolute Gasteiger partial charge is 0.336 e. The molecule has 3 rings (SSSR count). The van der Waals surface area contributed by atoms with Crippen LogP contribution >= 0.6 is 0 Å². The number of hydrogen-bond acceptors (Lipinski definition) is 6. The van der Waals surface area contributed by atoms with E-state index in [1.54, 1.807) is 10.7 Å². The minimum atomic E-state index is -0.570. The Balaban J connectivity index is 1.92. The van der Waals surface area contributed by atoms with Crippen LogP contribution in [0.5, 0.6) is 0 Å². The zero-order chi connectivity index (χ0) is 14.1. The number of aryl methyl sites for hydroxylation is 1. The van der Waals surface area contributed by atoms with E-state index >= 15 is 0 Å². The van der Waals surface area contributed by atoms with E-state index in [9.17, 15) is 4.79 Å². The molecule has 7 nitrogen and oxygen atoms in total. The van der Waals surface area contributed by atoms with E-state index in [2.05, 4.69) is 10.1 Å². The summed E-state index contributed by atoms with van der Waals surface area (Å²) in [6.07, 6.45) is 2.95. The van der Waals surface area contributed by atoms with E-state index in [0.29, 0.717) is 19.7 Å². The lowest BCUT2D eigenvalue weighted by Gasteiger charge is -2.32. The third-order valence-electron chi connectivity index (χ3n) is 3.32. The molecule has 0 saturated carbocycles. The first-order valence-corrected chi connectivity index (χ1v) is 6.44. The zero-order valence-electron chi connectivity index (χ0n) is 11.4. The number of aromatic nitrogens is 3. The van der Waals surface area contributed by atoms with Crippen LogP contribution in [0.4, 0.5) is 5.82 Å². The van der Waals surface area contributed by atoms with Crippen LogP contribution in [0.1, 0.15) is 5.69 Å². The number of nitrogens with zero attached hydrogens (tertiary/aromatic N) is 4. The lowest BCUT2D eigenvalue weighted by molar-refractivity contribution is -0.154. The van der Waals surface area contributed by atoms with Crippen molar-refractivity contribution in [3.63, 3.8) is 0 Å². The van der Waals surface area contributed by atoms with Crippen LogP contribution < -0.4 is 4.90 Å². The molecule has 0 radical (unpaired) electrons. The SMILES string of the molecule is COC(=O)C1CN(c2nccn3nc(C)cc23)CCO1. The number of rotatable bonds is 2. The molecule has 7 heteroatoms. The van der Waals surface area contributed by atoms with Crippen molar-refractivity contribution in [3.8, 4) is 0 Å². The molecule has 0 aromatic carbocycles. The van der Waals surface area contributed by atoms with Crippen LogP contribution in [-0.2, 0) is 14.3 Å². The van der Waals surface area contributed by atoms with Crippen LogP contribution in [0, 0.1) is 6.92 Å². The van der Waals surface area contributed by atoms with Crippen LogP contribution in [0.25, 0.3) is 5.52 Å². The number of carbonyl (C=O) groups is 1. The zero-order valence-corrected chi connectivity index (χ0v) is 11.4. The molecule has 1 fully saturated rings. The first-order chi connectivity index (χ1) is 9.69. The van der Waals surface area contributed by atoms with Crippen molar-refractivity contribution in [1.29, 1.82) is 0 Å². The van der Waals surface area contributed by atoms with Crippen molar-refractivity contribution in [2.24, 2.45) is 0 Å². The number of esters is 1. The van der Waals surface area contributed by atoms with Gasteiger partial charge in [-0.15, -0.1) is 0 Å². The Labute approximate surface area is 116 Å². The minimum absolute atomic E-state index is 0.355. The summed E-state index contributed by atoms with van der Waals surface area (Å²) in [4.78, 5) is 18.0. The molecule has 2 aromatic heterocycles. The summed E-state index contributed by atoms with van der Waals surface area (Å²) in [6.45, 7) is 3.52. The summed E-state index contributed by atoms with van der Waals surface area (Å²) in [5.41, 5.74) is 1.85. The maximum Gasteiger partial charge on any atom is 0.336 e. The van der Waals surface area contributed by atoms with Crippen molar-refractivity contribution in [1.82, 2.24) is 14.6 Å². The second kappa shape index (κ2) is 5.09. The molecule has 3 heterocycles. The van der Waals surface area contributed by atoms with Crippen molar-refractivity contribution < 1.29 is 14.3 Å². The number of ether oxygens (including phenoxy) is 2. The van der Waals surface area contributed by atoms with Gasteiger partial charge < -0.3 is 14.4 Å². The molecule has 0 amide bonds. The molecule has 1 atom stereocenters. The van der Waals surface area contributed by atoms with Gasteiger partial charge in [0.1, 0.15) is 5.52 Å². The fourth-order valence-corrected chi connectivity index (χ4v) is 2.39. The van der Waals surface area contributed by atoms with Crippen molar-refractivity contribution in [2.75, 3.05) is 31.7 Å².